The molecule has 1 aliphatic heterocycles. The summed E-state index contributed by atoms with van der Waals surface area (Å²) in [6, 6.07) is 15.4. The van der Waals surface area contributed by atoms with E-state index in [1.54, 1.807) is 13.0 Å². The average molecular weight is 390 g/mol. The van der Waals surface area contributed by atoms with Crippen LogP contribution in [0.2, 0.25) is 0 Å². The molecule has 4 rings (SSSR count). The summed E-state index contributed by atoms with van der Waals surface area (Å²) in [5, 5.41) is 6.12. The van der Waals surface area contributed by atoms with Crippen molar-refractivity contribution in [2.75, 3.05) is 12.1 Å². The topological polar surface area (TPSA) is 85.4 Å². The molecule has 2 aromatic carbocycles. The van der Waals surface area contributed by atoms with Crippen LogP contribution in [-0.2, 0) is 13.0 Å². The van der Waals surface area contributed by atoms with Gasteiger partial charge in [0, 0.05) is 18.3 Å². The van der Waals surface area contributed by atoms with E-state index < -0.39 is 0 Å². The lowest BCUT2D eigenvalue weighted by Crippen LogP contribution is -2.24. The largest absolute Gasteiger partial charge is 0.454 e. The molecule has 0 aliphatic carbocycles. The molecule has 1 aliphatic rings. The second kappa shape index (κ2) is 8.18. The highest BCUT2D eigenvalue weighted by atomic mass is 16.7. The lowest BCUT2D eigenvalue weighted by molar-refractivity contribution is 0.0945. The molecule has 7 heteroatoms. The molecule has 0 unspecified atom stereocenters. The number of hydrogen-bond acceptors (Lipinski definition) is 6. The second-order valence-corrected chi connectivity index (χ2v) is 6.73. The predicted octanol–water partition coefficient (Wildman–Crippen LogP) is 3.75. The van der Waals surface area contributed by atoms with Gasteiger partial charge >= 0.3 is 0 Å². The van der Waals surface area contributed by atoms with Gasteiger partial charge in [-0.3, -0.25) is 4.79 Å². The van der Waals surface area contributed by atoms with E-state index in [1.807, 2.05) is 30.3 Å². The summed E-state index contributed by atoms with van der Waals surface area (Å²) in [5.74, 6) is 2.24. The molecular weight excluding hydrogens is 368 g/mol. The van der Waals surface area contributed by atoms with Gasteiger partial charge in [0.2, 0.25) is 6.79 Å². The van der Waals surface area contributed by atoms with Gasteiger partial charge in [0.1, 0.15) is 17.3 Å². The van der Waals surface area contributed by atoms with Crippen LogP contribution < -0.4 is 20.1 Å². The lowest BCUT2D eigenvalue weighted by Gasteiger charge is -2.10. The van der Waals surface area contributed by atoms with E-state index in [0.717, 1.165) is 17.7 Å². The first kappa shape index (κ1) is 18.7. The SMILES string of the molecule is CCc1ccc(Nc2cc(C(=O)NCc3ccc4c(c3)OCO4)nc(C)n2)cc1. The highest BCUT2D eigenvalue weighted by Gasteiger charge is 2.15. The third kappa shape index (κ3) is 4.45. The standard InChI is InChI=1S/C22H22N4O3/c1-3-15-4-7-17(8-5-15)26-21-11-18(24-14(2)25-21)22(27)23-12-16-6-9-19-20(10-16)29-13-28-19/h4-11H,3,12-13H2,1-2H3,(H,23,27)(H,24,25,26). The van der Waals surface area contributed by atoms with Gasteiger partial charge in [-0.05, 0) is 48.7 Å². The van der Waals surface area contributed by atoms with Crippen molar-refractivity contribution in [1.29, 1.82) is 0 Å². The normalized spacial score (nSPS) is 11.9. The number of carbonyl (C=O) groups is 1. The van der Waals surface area contributed by atoms with E-state index >= 15 is 0 Å². The van der Waals surface area contributed by atoms with Crippen LogP contribution in [0.5, 0.6) is 11.5 Å². The Morgan fingerprint density at radius 2 is 1.76 bits per heavy atom. The highest BCUT2D eigenvalue weighted by molar-refractivity contribution is 5.93. The monoisotopic (exact) mass is 390 g/mol. The number of anilines is 2. The Hall–Kier alpha value is -3.61. The molecule has 0 saturated carbocycles. The summed E-state index contributed by atoms with van der Waals surface area (Å²) in [7, 11) is 0. The van der Waals surface area contributed by atoms with Gasteiger partial charge in [0.25, 0.3) is 5.91 Å². The van der Waals surface area contributed by atoms with Crippen molar-refractivity contribution in [2.24, 2.45) is 0 Å². The smallest absolute Gasteiger partial charge is 0.270 e. The molecule has 1 amide bonds. The molecule has 0 spiro atoms. The number of amides is 1. The van der Waals surface area contributed by atoms with Crippen LogP contribution in [0.3, 0.4) is 0 Å². The minimum Gasteiger partial charge on any atom is -0.454 e. The van der Waals surface area contributed by atoms with Crippen molar-refractivity contribution < 1.29 is 14.3 Å². The fourth-order valence-electron chi connectivity index (χ4n) is 3.04. The molecule has 2 heterocycles. The van der Waals surface area contributed by atoms with Gasteiger partial charge < -0.3 is 20.1 Å². The first-order valence-corrected chi connectivity index (χ1v) is 9.49. The van der Waals surface area contributed by atoms with Gasteiger partial charge in [-0.15, -0.1) is 0 Å². The number of fused-ring (bicyclic) bond motifs is 1. The summed E-state index contributed by atoms with van der Waals surface area (Å²) in [6.07, 6.45) is 0.987. The number of aromatic nitrogens is 2. The van der Waals surface area contributed by atoms with Crippen molar-refractivity contribution in [3.63, 3.8) is 0 Å². The third-order valence-electron chi connectivity index (χ3n) is 4.60. The molecule has 1 aromatic heterocycles. The zero-order valence-electron chi connectivity index (χ0n) is 16.4. The van der Waals surface area contributed by atoms with Gasteiger partial charge in [-0.25, -0.2) is 9.97 Å². The Morgan fingerprint density at radius 3 is 2.55 bits per heavy atom. The second-order valence-electron chi connectivity index (χ2n) is 6.73. The van der Waals surface area contributed by atoms with Crippen LogP contribution in [-0.4, -0.2) is 22.7 Å². The minimum absolute atomic E-state index is 0.225. The zero-order valence-corrected chi connectivity index (χ0v) is 16.4. The number of ether oxygens (including phenoxy) is 2. The van der Waals surface area contributed by atoms with Crippen molar-refractivity contribution in [1.82, 2.24) is 15.3 Å². The summed E-state index contributed by atoms with van der Waals surface area (Å²) < 4.78 is 10.7. The fraction of sp³-hybridized carbons (Fsp3) is 0.227. The number of rotatable bonds is 6. The summed E-state index contributed by atoms with van der Waals surface area (Å²) in [4.78, 5) is 21.3. The van der Waals surface area contributed by atoms with E-state index in [1.165, 1.54) is 5.56 Å². The summed E-state index contributed by atoms with van der Waals surface area (Å²) in [6.45, 7) is 4.47. The molecule has 0 fully saturated rings. The number of benzene rings is 2. The number of hydrogen-bond donors (Lipinski definition) is 2. The Bertz CT molecular complexity index is 1030. The van der Waals surface area contributed by atoms with Crippen LogP contribution >= 0.6 is 0 Å². The number of aryl methyl sites for hydroxylation is 2. The molecule has 2 N–H and O–H groups in total. The van der Waals surface area contributed by atoms with Crippen LogP contribution in [0.15, 0.2) is 48.5 Å². The first-order chi connectivity index (χ1) is 14.1. The molecule has 0 radical (unpaired) electrons. The maximum Gasteiger partial charge on any atom is 0.270 e. The maximum absolute atomic E-state index is 12.6. The molecule has 7 nitrogen and oxygen atoms in total. The Kier molecular flexibility index (Phi) is 5.29. The molecule has 29 heavy (non-hydrogen) atoms. The fourth-order valence-corrected chi connectivity index (χ4v) is 3.04. The minimum atomic E-state index is -0.266. The van der Waals surface area contributed by atoms with Gasteiger partial charge in [0.15, 0.2) is 11.5 Å². The summed E-state index contributed by atoms with van der Waals surface area (Å²) in [5.41, 5.74) is 3.40. The highest BCUT2D eigenvalue weighted by Crippen LogP contribution is 2.32. The molecule has 0 saturated heterocycles. The molecular formula is C22H22N4O3. The van der Waals surface area contributed by atoms with Crippen molar-refractivity contribution in [3.8, 4) is 11.5 Å². The number of nitrogens with one attached hydrogen (secondary N) is 2. The number of carbonyl (C=O) groups excluding carboxylic acids is 1. The molecule has 0 atom stereocenters. The van der Waals surface area contributed by atoms with E-state index in [0.29, 0.717) is 35.4 Å². The van der Waals surface area contributed by atoms with E-state index in [2.05, 4.69) is 39.7 Å². The van der Waals surface area contributed by atoms with Crippen molar-refractivity contribution in [2.45, 2.75) is 26.8 Å². The van der Waals surface area contributed by atoms with Crippen molar-refractivity contribution >= 4 is 17.4 Å². The van der Waals surface area contributed by atoms with E-state index in [9.17, 15) is 4.79 Å². The van der Waals surface area contributed by atoms with Crippen LogP contribution in [0.4, 0.5) is 11.5 Å². The Morgan fingerprint density at radius 1 is 1.00 bits per heavy atom. The van der Waals surface area contributed by atoms with E-state index in [-0.39, 0.29) is 12.7 Å². The Labute approximate surface area is 169 Å². The van der Waals surface area contributed by atoms with Crippen molar-refractivity contribution in [3.05, 3.63) is 71.2 Å². The first-order valence-electron chi connectivity index (χ1n) is 9.49. The molecule has 148 valence electrons. The molecule has 0 bridgehead atoms. The third-order valence-corrected chi connectivity index (χ3v) is 4.60. The van der Waals surface area contributed by atoms with Crippen LogP contribution in [0, 0.1) is 6.92 Å². The van der Waals surface area contributed by atoms with E-state index in [4.69, 9.17) is 9.47 Å². The summed E-state index contributed by atoms with van der Waals surface area (Å²) >= 11 is 0. The van der Waals surface area contributed by atoms with Gasteiger partial charge in [0.05, 0.1) is 0 Å². The zero-order chi connectivity index (χ0) is 20.2. The lowest BCUT2D eigenvalue weighted by atomic mass is 10.1. The van der Waals surface area contributed by atoms with Gasteiger partial charge in [-0.1, -0.05) is 25.1 Å². The van der Waals surface area contributed by atoms with Crippen LogP contribution in [0.25, 0.3) is 0 Å². The quantitative estimate of drug-likeness (QED) is 0.667. The van der Waals surface area contributed by atoms with Crippen LogP contribution in [0.1, 0.15) is 34.4 Å². The maximum atomic E-state index is 12.6. The predicted molar refractivity (Wildman–Crippen MR) is 110 cm³/mol. The number of nitrogens with zero attached hydrogens (tertiary/aromatic N) is 2. The van der Waals surface area contributed by atoms with Gasteiger partial charge in [-0.2, -0.15) is 0 Å². The Balaban J connectivity index is 1.44. The molecule has 3 aromatic rings. The average Bonchev–Trinajstić information content (AvgIpc) is 3.20.